The van der Waals surface area contributed by atoms with Crippen LogP contribution in [0.2, 0.25) is 0 Å². The van der Waals surface area contributed by atoms with Crippen LogP contribution < -0.4 is 10.1 Å². The summed E-state index contributed by atoms with van der Waals surface area (Å²) in [4.78, 5) is 26.7. The zero-order chi connectivity index (χ0) is 19.9. The molecule has 0 unspecified atom stereocenters. The molecule has 150 valence electrons. The molecule has 0 aliphatic carbocycles. The maximum absolute atomic E-state index is 12.5. The standard InChI is InChI=1S/C21H32N2O4/c1-21(2,3)20(25)23-10-8-17(9-11-23)19(24)22-15-16-6-5-7-18(14-16)27-13-12-26-4/h5-7,14,17H,8-13,15H2,1-4H3,(H,22,24). The Kier molecular flexibility index (Phi) is 7.66. The molecule has 6 heteroatoms. The van der Waals surface area contributed by atoms with Crippen molar-refractivity contribution in [1.82, 2.24) is 10.2 Å². The number of rotatable bonds is 7. The number of piperidine rings is 1. The maximum Gasteiger partial charge on any atom is 0.227 e. The third-order valence-electron chi connectivity index (χ3n) is 4.72. The molecule has 27 heavy (non-hydrogen) atoms. The molecule has 0 bridgehead atoms. The van der Waals surface area contributed by atoms with E-state index in [1.165, 1.54) is 0 Å². The van der Waals surface area contributed by atoms with Crippen molar-refractivity contribution in [2.24, 2.45) is 11.3 Å². The van der Waals surface area contributed by atoms with E-state index < -0.39 is 0 Å². The predicted octanol–water partition coefficient (Wildman–Crippen LogP) is 2.61. The number of benzene rings is 1. The zero-order valence-corrected chi connectivity index (χ0v) is 16.9. The van der Waals surface area contributed by atoms with E-state index in [0.29, 0.717) is 45.7 Å². The Labute approximate surface area is 162 Å². The summed E-state index contributed by atoms with van der Waals surface area (Å²) in [5.74, 6) is 0.957. The van der Waals surface area contributed by atoms with Crippen molar-refractivity contribution >= 4 is 11.8 Å². The van der Waals surface area contributed by atoms with Gasteiger partial charge in [0, 0.05) is 38.1 Å². The van der Waals surface area contributed by atoms with Gasteiger partial charge in [-0.15, -0.1) is 0 Å². The van der Waals surface area contributed by atoms with Crippen molar-refractivity contribution in [3.05, 3.63) is 29.8 Å². The largest absolute Gasteiger partial charge is 0.491 e. The lowest BCUT2D eigenvalue weighted by molar-refractivity contribution is -0.142. The van der Waals surface area contributed by atoms with E-state index in [-0.39, 0.29) is 23.1 Å². The van der Waals surface area contributed by atoms with E-state index in [0.717, 1.165) is 11.3 Å². The highest BCUT2D eigenvalue weighted by molar-refractivity contribution is 5.82. The summed E-state index contributed by atoms with van der Waals surface area (Å²) >= 11 is 0. The Bertz CT molecular complexity index is 631. The van der Waals surface area contributed by atoms with Gasteiger partial charge in [-0.05, 0) is 30.5 Å². The number of amides is 2. The van der Waals surface area contributed by atoms with E-state index >= 15 is 0 Å². The molecule has 6 nitrogen and oxygen atoms in total. The van der Waals surface area contributed by atoms with Crippen LogP contribution in [-0.2, 0) is 20.9 Å². The van der Waals surface area contributed by atoms with Gasteiger partial charge in [0.05, 0.1) is 6.61 Å². The number of carbonyl (C=O) groups excluding carboxylic acids is 2. The van der Waals surface area contributed by atoms with E-state index in [1.807, 2.05) is 49.9 Å². The van der Waals surface area contributed by atoms with Crippen LogP contribution in [0.15, 0.2) is 24.3 Å². The van der Waals surface area contributed by atoms with Gasteiger partial charge in [-0.25, -0.2) is 0 Å². The second kappa shape index (κ2) is 9.74. The highest BCUT2D eigenvalue weighted by atomic mass is 16.5. The number of nitrogens with zero attached hydrogens (tertiary/aromatic N) is 1. The van der Waals surface area contributed by atoms with Crippen LogP contribution in [-0.4, -0.2) is 50.1 Å². The van der Waals surface area contributed by atoms with Crippen molar-refractivity contribution in [2.45, 2.75) is 40.2 Å². The van der Waals surface area contributed by atoms with Crippen molar-refractivity contribution in [2.75, 3.05) is 33.4 Å². The maximum atomic E-state index is 12.5. The zero-order valence-electron chi connectivity index (χ0n) is 16.9. The number of hydrogen-bond acceptors (Lipinski definition) is 4. The molecule has 2 amide bonds. The van der Waals surface area contributed by atoms with Gasteiger partial charge in [-0.2, -0.15) is 0 Å². The highest BCUT2D eigenvalue weighted by Gasteiger charge is 2.32. The van der Waals surface area contributed by atoms with Gasteiger partial charge in [0.25, 0.3) is 0 Å². The van der Waals surface area contributed by atoms with Gasteiger partial charge >= 0.3 is 0 Å². The van der Waals surface area contributed by atoms with Crippen LogP contribution in [0.3, 0.4) is 0 Å². The van der Waals surface area contributed by atoms with Crippen molar-refractivity contribution in [3.8, 4) is 5.75 Å². The summed E-state index contributed by atoms with van der Waals surface area (Å²) < 4.78 is 10.6. The molecule has 1 N–H and O–H groups in total. The lowest BCUT2D eigenvalue weighted by atomic mass is 9.90. The fourth-order valence-electron chi connectivity index (χ4n) is 3.14. The third-order valence-corrected chi connectivity index (χ3v) is 4.72. The number of ether oxygens (including phenoxy) is 2. The molecule has 1 aromatic rings. The van der Waals surface area contributed by atoms with Crippen LogP contribution in [0.5, 0.6) is 5.75 Å². The summed E-state index contributed by atoms with van der Waals surface area (Å²) in [6.07, 6.45) is 1.43. The number of methoxy groups -OCH3 is 1. The third kappa shape index (κ3) is 6.54. The second-order valence-corrected chi connectivity index (χ2v) is 8.02. The first-order chi connectivity index (χ1) is 12.8. The van der Waals surface area contributed by atoms with Gasteiger partial charge in [0.1, 0.15) is 12.4 Å². The Morgan fingerprint density at radius 3 is 2.52 bits per heavy atom. The minimum Gasteiger partial charge on any atom is -0.491 e. The van der Waals surface area contributed by atoms with Gasteiger partial charge < -0.3 is 19.7 Å². The second-order valence-electron chi connectivity index (χ2n) is 8.02. The molecule has 0 saturated carbocycles. The topological polar surface area (TPSA) is 67.9 Å². The summed E-state index contributed by atoms with van der Waals surface area (Å²) in [5.41, 5.74) is 0.629. The van der Waals surface area contributed by atoms with E-state index in [1.54, 1.807) is 7.11 Å². The van der Waals surface area contributed by atoms with Crippen LogP contribution in [0, 0.1) is 11.3 Å². The van der Waals surface area contributed by atoms with E-state index in [2.05, 4.69) is 5.32 Å². The van der Waals surface area contributed by atoms with Crippen molar-refractivity contribution in [3.63, 3.8) is 0 Å². The molecule has 0 aromatic heterocycles. The van der Waals surface area contributed by atoms with E-state index in [9.17, 15) is 9.59 Å². The minimum atomic E-state index is -0.370. The van der Waals surface area contributed by atoms with Crippen molar-refractivity contribution < 1.29 is 19.1 Å². The smallest absolute Gasteiger partial charge is 0.227 e. The monoisotopic (exact) mass is 376 g/mol. The molecule has 1 aromatic carbocycles. The molecular formula is C21H32N2O4. The lowest BCUT2D eigenvalue weighted by Crippen LogP contribution is -2.46. The average molecular weight is 376 g/mol. The molecule has 1 aliphatic rings. The normalized spacial score (nSPS) is 15.5. The molecule has 0 atom stereocenters. The molecule has 0 spiro atoms. The summed E-state index contributed by atoms with van der Waals surface area (Å²) in [5, 5.41) is 3.01. The fraction of sp³-hybridized carbons (Fsp3) is 0.619. The molecule has 1 saturated heterocycles. The average Bonchev–Trinajstić information content (AvgIpc) is 2.65. The summed E-state index contributed by atoms with van der Waals surface area (Å²) in [7, 11) is 1.64. The number of nitrogens with one attached hydrogen (secondary N) is 1. The highest BCUT2D eigenvalue weighted by Crippen LogP contribution is 2.23. The quantitative estimate of drug-likeness (QED) is 0.743. The van der Waals surface area contributed by atoms with Crippen LogP contribution in [0.1, 0.15) is 39.2 Å². The SMILES string of the molecule is COCCOc1cccc(CNC(=O)C2CCN(C(=O)C(C)(C)C)CC2)c1. The van der Waals surface area contributed by atoms with Gasteiger partial charge in [0.15, 0.2) is 0 Å². The lowest BCUT2D eigenvalue weighted by Gasteiger charge is -2.35. The fourth-order valence-corrected chi connectivity index (χ4v) is 3.14. The van der Waals surface area contributed by atoms with Crippen molar-refractivity contribution in [1.29, 1.82) is 0 Å². The molecule has 1 fully saturated rings. The first kappa shape index (κ1) is 21.2. The molecule has 2 rings (SSSR count). The molecular weight excluding hydrogens is 344 g/mol. The number of hydrogen-bond donors (Lipinski definition) is 1. The first-order valence-corrected chi connectivity index (χ1v) is 9.59. The van der Waals surface area contributed by atoms with Crippen LogP contribution >= 0.6 is 0 Å². The molecule has 1 heterocycles. The van der Waals surface area contributed by atoms with Crippen LogP contribution in [0.25, 0.3) is 0 Å². The number of carbonyl (C=O) groups is 2. The minimum absolute atomic E-state index is 0.0323. The summed E-state index contributed by atoms with van der Waals surface area (Å²) in [6.45, 7) is 8.61. The Balaban J connectivity index is 1.78. The Morgan fingerprint density at radius 1 is 1.19 bits per heavy atom. The van der Waals surface area contributed by atoms with E-state index in [4.69, 9.17) is 9.47 Å². The number of likely N-dealkylation sites (tertiary alicyclic amines) is 1. The first-order valence-electron chi connectivity index (χ1n) is 9.59. The Morgan fingerprint density at radius 2 is 1.89 bits per heavy atom. The molecule has 0 radical (unpaired) electrons. The predicted molar refractivity (Wildman–Crippen MR) is 104 cm³/mol. The summed E-state index contributed by atoms with van der Waals surface area (Å²) in [6, 6.07) is 7.71. The Hall–Kier alpha value is -2.08. The van der Waals surface area contributed by atoms with Crippen LogP contribution in [0.4, 0.5) is 0 Å². The van der Waals surface area contributed by atoms with Gasteiger partial charge in [0.2, 0.25) is 11.8 Å². The van der Waals surface area contributed by atoms with Gasteiger partial charge in [-0.1, -0.05) is 32.9 Å². The molecule has 1 aliphatic heterocycles. The van der Waals surface area contributed by atoms with Gasteiger partial charge in [-0.3, -0.25) is 9.59 Å².